The van der Waals surface area contributed by atoms with Gasteiger partial charge in [0.15, 0.2) is 0 Å². The maximum atomic E-state index is 15.6. The molecule has 0 bridgehead atoms. The average Bonchev–Trinajstić information content (AvgIpc) is 3.01. The number of ether oxygens (including phenoxy) is 3. The molecular weight excluding hydrogens is 563 g/mol. The van der Waals surface area contributed by atoms with Gasteiger partial charge in [-0.2, -0.15) is 0 Å². The molecule has 0 aliphatic rings. The number of carbonyl (C=O) groups excluding carboxylic acids is 2. The first-order chi connectivity index (χ1) is 20.5. The monoisotopic (exact) mass is 600 g/mol. The minimum absolute atomic E-state index is 0.207. The molecule has 9 heteroatoms. The van der Waals surface area contributed by atoms with Gasteiger partial charge in [0, 0.05) is 16.3 Å². The zero-order valence-corrected chi connectivity index (χ0v) is 25.9. The molecule has 0 radical (unpaired) electrons. The van der Waals surface area contributed by atoms with Crippen LogP contribution in [0, 0.1) is 0 Å². The Morgan fingerprint density at radius 2 is 1.21 bits per heavy atom. The maximum Gasteiger partial charge on any atom is 0.416 e. The fourth-order valence-electron chi connectivity index (χ4n) is 4.64. The van der Waals surface area contributed by atoms with E-state index in [1.807, 2.05) is 12.1 Å². The van der Waals surface area contributed by atoms with Gasteiger partial charge < -0.3 is 19.5 Å². The molecule has 1 unspecified atom stereocenters. The van der Waals surface area contributed by atoms with Gasteiger partial charge in [-0.25, -0.2) is 9.46 Å². The van der Waals surface area contributed by atoms with Crippen LogP contribution in [0.1, 0.15) is 38.8 Å². The molecule has 2 amide bonds. The lowest BCUT2D eigenvalue weighted by Gasteiger charge is -2.39. The Morgan fingerprint density at radius 3 is 1.65 bits per heavy atom. The highest BCUT2D eigenvalue weighted by Crippen LogP contribution is 2.53. The van der Waals surface area contributed by atoms with Crippen LogP contribution in [0.15, 0.2) is 109 Å². The number of hydrogen-bond donors (Lipinski definition) is 1. The zero-order chi connectivity index (χ0) is 31.0. The van der Waals surface area contributed by atoms with Gasteiger partial charge in [-0.15, -0.1) is 0 Å². The summed E-state index contributed by atoms with van der Waals surface area (Å²) in [6.45, 7) is 5.24. The van der Waals surface area contributed by atoms with E-state index >= 15 is 4.57 Å². The lowest BCUT2D eigenvalue weighted by molar-refractivity contribution is -0.117. The quantitative estimate of drug-likeness (QED) is 0.198. The van der Waals surface area contributed by atoms with Crippen molar-refractivity contribution in [3.8, 4) is 11.5 Å². The summed E-state index contributed by atoms with van der Waals surface area (Å²) in [6.07, 6.45) is -1.01. The predicted molar refractivity (Wildman–Crippen MR) is 170 cm³/mol. The molecule has 4 aromatic carbocycles. The largest absolute Gasteiger partial charge is 0.497 e. The van der Waals surface area contributed by atoms with Crippen molar-refractivity contribution in [1.82, 2.24) is 4.67 Å². The molecule has 0 heterocycles. The van der Waals surface area contributed by atoms with E-state index in [4.69, 9.17) is 14.2 Å². The number of anilines is 1. The van der Waals surface area contributed by atoms with Crippen molar-refractivity contribution in [1.29, 1.82) is 0 Å². The normalized spacial score (nSPS) is 12.1. The van der Waals surface area contributed by atoms with E-state index in [2.05, 4.69) is 5.32 Å². The smallest absolute Gasteiger partial charge is 0.416 e. The predicted octanol–water partition coefficient (Wildman–Crippen LogP) is 6.94. The standard InChI is InChI=1S/C34H37N2O6P/c1-34(2,3)42-33(38)36(43(39,29-12-8-6-9-13-29)30-14-10-7-11-15-30)31(25-16-20-27(40-4)21-17-25)24-32(37)35-26-18-22-28(41-5)23-19-26/h6-23,31H,24H2,1-5H3,(H,35,37). The molecule has 0 aliphatic heterocycles. The highest BCUT2D eigenvalue weighted by Gasteiger charge is 2.45. The summed E-state index contributed by atoms with van der Waals surface area (Å²) < 4.78 is 33.4. The number of nitrogens with one attached hydrogen (secondary N) is 1. The van der Waals surface area contributed by atoms with E-state index < -0.39 is 25.0 Å². The molecular formula is C34H37N2O6P. The number of hydrogen-bond acceptors (Lipinski definition) is 6. The number of amides is 2. The van der Waals surface area contributed by atoms with Crippen molar-refractivity contribution >= 4 is 35.6 Å². The molecule has 224 valence electrons. The van der Waals surface area contributed by atoms with Crippen molar-refractivity contribution in [2.45, 2.75) is 38.8 Å². The Bertz CT molecular complexity index is 1510. The lowest BCUT2D eigenvalue weighted by atomic mass is 10.0. The SMILES string of the molecule is COc1ccc(NC(=O)CC(c2ccc(OC)cc2)N(C(=O)OC(C)(C)C)P(=O)(c2ccccc2)c2ccccc2)cc1. The fourth-order valence-corrected chi connectivity index (χ4v) is 7.47. The van der Waals surface area contributed by atoms with Gasteiger partial charge in [-0.1, -0.05) is 48.5 Å². The minimum atomic E-state index is -3.94. The number of benzene rings is 4. The van der Waals surface area contributed by atoms with E-state index in [1.54, 1.807) is 132 Å². The van der Waals surface area contributed by atoms with Gasteiger partial charge in [-0.05, 0) is 87.0 Å². The van der Waals surface area contributed by atoms with Gasteiger partial charge in [0.25, 0.3) is 0 Å². The lowest BCUT2D eigenvalue weighted by Crippen LogP contribution is -2.43. The Hall–Kier alpha value is -4.55. The number of methoxy groups -OCH3 is 2. The topological polar surface area (TPSA) is 94.2 Å². The van der Waals surface area contributed by atoms with Crippen LogP contribution in [-0.4, -0.2) is 36.5 Å². The molecule has 1 N–H and O–H groups in total. The molecule has 4 rings (SSSR count). The number of carbonyl (C=O) groups is 2. The molecule has 0 saturated heterocycles. The Kier molecular flexibility index (Phi) is 9.94. The second kappa shape index (κ2) is 13.6. The van der Waals surface area contributed by atoms with E-state index in [0.29, 0.717) is 33.4 Å². The van der Waals surface area contributed by atoms with Crippen molar-refractivity contribution < 1.29 is 28.4 Å². The number of nitrogens with zero attached hydrogens (tertiary/aromatic N) is 1. The van der Waals surface area contributed by atoms with Gasteiger partial charge in [0.2, 0.25) is 13.2 Å². The molecule has 0 spiro atoms. The van der Waals surface area contributed by atoms with Crippen LogP contribution in [0.5, 0.6) is 11.5 Å². The molecule has 0 fully saturated rings. The van der Waals surface area contributed by atoms with Gasteiger partial charge in [0.1, 0.15) is 17.1 Å². The molecule has 0 saturated carbocycles. The molecule has 4 aromatic rings. The second-order valence-corrected chi connectivity index (χ2v) is 13.5. The summed E-state index contributed by atoms with van der Waals surface area (Å²) in [5.41, 5.74) is 0.240. The van der Waals surface area contributed by atoms with Crippen molar-refractivity contribution in [3.63, 3.8) is 0 Å². The molecule has 0 aromatic heterocycles. The summed E-state index contributed by atoms with van der Waals surface area (Å²) in [4.78, 5) is 27.9. The third kappa shape index (κ3) is 7.65. The molecule has 43 heavy (non-hydrogen) atoms. The van der Waals surface area contributed by atoms with Gasteiger partial charge in [-0.3, -0.25) is 9.36 Å². The summed E-state index contributed by atoms with van der Waals surface area (Å²) in [5, 5.41) is 3.76. The summed E-state index contributed by atoms with van der Waals surface area (Å²) in [6, 6.07) is 30.6. The maximum absolute atomic E-state index is 15.6. The van der Waals surface area contributed by atoms with Crippen molar-refractivity contribution in [2.24, 2.45) is 0 Å². The van der Waals surface area contributed by atoms with Crippen molar-refractivity contribution in [3.05, 3.63) is 115 Å². The van der Waals surface area contributed by atoms with Gasteiger partial charge in [0.05, 0.1) is 26.7 Å². The first-order valence-electron chi connectivity index (χ1n) is 13.9. The second-order valence-electron chi connectivity index (χ2n) is 10.8. The summed E-state index contributed by atoms with van der Waals surface area (Å²) in [7, 11) is -0.813. The van der Waals surface area contributed by atoms with Gasteiger partial charge >= 0.3 is 6.09 Å². The average molecular weight is 601 g/mol. The summed E-state index contributed by atoms with van der Waals surface area (Å²) >= 11 is 0. The van der Waals surface area contributed by atoms with E-state index in [9.17, 15) is 9.59 Å². The highest BCUT2D eigenvalue weighted by atomic mass is 31.2. The first kappa shape index (κ1) is 31.4. The zero-order valence-electron chi connectivity index (χ0n) is 25.0. The molecule has 8 nitrogen and oxygen atoms in total. The van der Waals surface area contributed by atoms with Crippen LogP contribution >= 0.6 is 7.29 Å². The Balaban J connectivity index is 1.90. The van der Waals surface area contributed by atoms with E-state index in [1.165, 1.54) is 4.67 Å². The first-order valence-corrected chi connectivity index (χ1v) is 15.5. The van der Waals surface area contributed by atoms with Crippen LogP contribution < -0.4 is 25.4 Å². The Labute approximate surface area is 253 Å². The summed E-state index contributed by atoms with van der Waals surface area (Å²) in [5.74, 6) is 0.868. The molecule has 1 atom stereocenters. The Morgan fingerprint density at radius 1 is 0.744 bits per heavy atom. The van der Waals surface area contributed by atoms with Crippen LogP contribution in [0.4, 0.5) is 10.5 Å². The fraction of sp³-hybridized carbons (Fsp3) is 0.235. The molecule has 0 aliphatic carbocycles. The van der Waals surface area contributed by atoms with Crippen LogP contribution in [0.3, 0.4) is 0 Å². The van der Waals surface area contributed by atoms with Crippen LogP contribution in [0.2, 0.25) is 0 Å². The van der Waals surface area contributed by atoms with Crippen LogP contribution in [-0.2, 0) is 14.1 Å². The number of rotatable bonds is 10. The third-order valence-corrected chi connectivity index (χ3v) is 9.69. The van der Waals surface area contributed by atoms with Crippen molar-refractivity contribution in [2.75, 3.05) is 19.5 Å². The third-order valence-electron chi connectivity index (χ3n) is 6.64. The van der Waals surface area contributed by atoms with Crippen LogP contribution in [0.25, 0.3) is 0 Å². The van der Waals surface area contributed by atoms with E-state index in [0.717, 1.165) is 0 Å². The minimum Gasteiger partial charge on any atom is -0.497 e. The highest BCUT2D eigenvalue weighted by molar-refractivity contribution is 7.77. The van der Waals surface area contributed by atoms with E-state index in [-0.39, 0.29) is 12.3 Å².